The summed E-state index contributed by atoms with van der Waals surface area (Å²) in [5.74, 6) is -0.398. The van der Waals surface area contributed by atoms with Crippen molar-refractivity contribution in [2.24, 2.45) is 16.3 Å². The van der Waals surface area contributed by atoms with Gasteiger partial charge >= 0.3 is 5.97 Å². The zero-order chi connectivity index (χ0) is 21.9. The van der Waals surface area contributed by atoms with Gasteiger partial charge in [-0.05, 0) is 37.7 Å². The summed E-state index contributed by atoms with van der Waals surface area (Å²) in [6, 6.07) is 7.75. The molecule has 0 aromatic heterocycles. The smallest absolute Gasteiger partial charge is 0.336 e. The number of ketones is 1. The predicted octanol–water partition coefficient (Wildman–Crippen LogP) is 5.25. The van der Waals surface area contributed by atoms with Crippen molar-refractivity contribution >= 4 is 17.5 Å². The summed E-state index contributed by atoms with van der Waals surface area (Å²) in [6.07, 6.45) is 2.71. The van der Waals surface area contributed by atoms with E-state index in [9.17, 15) is 9.59 Å². The predicted molar refractivity (Wildman–Crippen MR) is 118 cm³/mol. The van der Waals surface area contributed by atoms with Crippen LogP contribution < -0.4 is 4.74 Å². The van der Waals surface area contributed by atoms with E-state index in [2.05, 4.69) is 20.8 Å². The lowest BCUT2D eigenvalue weighted by Gasteiger charge is -2.41. The molecule has 2 aliphatic rings. The molecule has 0 radical (unpaired) electrons. The second kappa shape index (κ2) is 9.15. The lowest BCUT2D eigenvalue weighted by Crippen LogP contribution is -2.44. The standard InChI is InChI=1S/C25H33NO4/c1-6-13-30-20-12-10-9-11-16(20)21-22-18(14-25(4,5)15-19(22)27)26-17(7-2)23(21)24(28)29-8-3/h9-12,21-22H,6-8,13-15H2,1-5H3/t21-,22?/m0/s1. The van der Waals surface area contributed by atoms with E-state index < -0.39 is 11.8 Å². The highest BCUT2D eigenvalue weighted by atomic mass is 16.5. The molecule has 1 aliphatic carbocycles. The normalized spacial score (nSPS) is 23.0. The van der Waals surface area contributed by atoms with E-state index in [0.29, 0.717) is 25.0 Å². The number of hydrogen-bond donors (Lipinski definition) is 0. The second-order valence-corrected chi connectivity index (χ2v) is 8.86. The average molecular weight is 412 g/mol. The maximum Gasteiger partial charge on any atom is 0.336 e. The Morgan fingerprint density at radius 1 is 1.13 bits per heavy atom. The van der Waals surface area contributed by atoms with E-state index in [4.69, 9.17) is 14.5 Å². The summed E-state index contributed by atoms with van der Waals surface area (Å²) in [6.45, 7) is 10.9. The van der Waals surface area contributed by atoms with Crippen molar-refractivity contribution in [3.05, 3.63) is 41.1 Å². The molecule has 30 heavy (non-hydrogen) atoms. The Hall–Kier alpha value is -2.43. The fourth-order valence-electron chi connectivity index (χ4n) is 4.64. The first-order valence-electron chi connectivity index (χ1n) is 11.0. The zero-order valence-electron chi connectivity index (χ0n) is 18.8. The first kappa shape index (κ1) is 22.3. The van der Waals surface area contributed by atoms with Crippen molar-refractivity contribution < 1.29 is 19.1 Å². The Balaban J connectivity index is 2.21. The summed E-state index contributed by atoms with van der Waals surface area (Å²) >= 11 is 0. The number of rotatable bonds is 7. The average Bonchev–Trinajstić information content (AvgIpc) is 2.70. The number of carbonyl (C=O) groups excluding carboxylic acids is 2. The molecule has 5 nitrogen and oxygen atoms in total. The van der Waals surface area contributed by atoms with E-state index in [0.717, 1.165) is 35.6 Å². The Bertz CT molecular complexity index is 881. The number of nitrogens with zero attached hydrogens (tertiary/aromatic N) is 1. The molecule has 1 saturated carbocycles. The van der Waals surface area contributed by atoms with Crippen molar-refractivity contribution in [3.8, 4) is 5.75 Å². The zero-order valence-corrected chi connectivity index (χ0v) is 18.8. The first-order valence-corrected chi connectivity index (χ1v) is 11.0. The minimum absolute atomic E-state index is 0.129. The molecule has 1 aromatic carbocycles. The summed E-state index contributed by atoms with van der Waals surface area (Å²) in [5.41, 5.74) is 2.85. The topological polar surface area (TPSA) is 65.0 Å². The molecule has 0 amide bonds. The van der Waals surface area contributed by atoms with Crippen LogP contribution in [0.15, 0.2) is 40.5 Å². The van der Waals surface area contributed by atoms with E-state index in [1.165, 1.54) is 0 Å². The van der Waals surface area contributed by atoms with Gasteiger partial charge in [0.25, 0.3) is 0 Å². The van der Waals surface area contributed by atoms with E-state index >= 15 is 0 Å². The molecule has 0 N–H and O–H groups in total. The molecule has 162 valence electrons. The quantitative estimate of drug-likeness (QED) is 0.575. The van der Waals surface area contributed by atoms with Crippen molar-refractivity contribution in [1.29, 1.82) is 0 Å². The fraction of sp³-hybridized carbons (Fsp3) is 0.560. The number of Topliss-reactive ketones (excluding diaryl/α,β-unsaturated/α-hetero) is 1. The van der Waals surface area contributed by atoms with Gasteiger partial charge < -0.3 is 9.47 Å². The summed E-state index contributed by atoms with van der Waals surface area (Å²) in [4.78, 5) is 31.3. The van der Waals surface area contributed by atoms with Crippen LogP contribution in [-0.4, -0.2) is 30.7 Å². The Kier molecular flexibility index (Phi) is 6.79. The van der Waals surface area contributed by atoms with E-state index in [-0.39, 0.29) is 23.8 Å². The van der Waals surface area contributed by atoms with Crippen LogP contribution in [0.2, 0.25) is 0 Å². The van der Waals surface area contributed by atoms with Crippen molar-refractivity contribution in [1.82, 2.24) is 0 Å². The lowest BCUT2D eigenvalue weighted by molar-refractivity contribution is -0.139. The van der Waals surface area contributed by atoms with Crippen LogP contribution in [0.3, 0.4) is 0 Å². The minimum Gasteiger partial charge on any atom is -0.493 e. The molecule has 3 rings (SSSR count). The largest absolute Gasteiger partial charge is 0.493 e. The Morgan fingerprint density at radius 3 is 2.53 bits per heavy atom. The van der Waals surface area contributed by atoms with Crippen molar-refractivity contribution in [3.63, 3.8) is 0 Å². The van der Waals surface area contributed by atoms with Crippen LogP contribution in [0.1, 0.15) is 71.8 Å². The van der Waals surface area contributed by atoms with Crippen LogP contribution in [0.4, 0.5) is 0 Å². The molecule has 1 aliphatic heterocycles. The molecule has 0 saturated heterocycles. The first-order chi connectivity index (χ1) is 14.3. The number of fused-ring (bicyclic) bond motifs is 1. The molecule has 5 heteroatoms. The van der Waals surface area contributed by atoms with Crippen LogP contribution >= 0.6 is 0 Å². The van der Waals surface area contributed by atoms with Gasteiger partial charge in [-0.25, -0.2) is 4.79 Å². The maximum atomic E-state index is 13.4. The van der Waals surface area contributed by atoms with Gasteiger partial charge in [-0.3, -0.25) is 9.79 Å². The number of aliphatic imine (C=N–C) groups is 1. The molecule has 1 aromatic rings. The van der Waals surface area contributed by atoms with Gasteiger partial charge in [-0.2, -0.15) is 0 Å². The molecule has 0 bridgehead atoms. The van der Waals surface area contributed by atoms with Crippen LogP contribution in [0, 0.1) is 11.3 Å². The van der Waals surface area contributed by atoms with Gasteiger partial charge in [-0.15, -0.1) is 0 Å². The number of para-hydroxylation sites is 1. The Morgan fingerprint density at radius 2 is 1.87 bits per heavy atom. The van der Waals surface area contributed by atoms with Crippen LogP contribution in [0.25, 0.3) is 0 Å². The van der Waals surface area contributed by atoms with E-state index in [1.807, 2.05) is 31.2 Å². The molecule has 2 atom stereocenters. The molecule has 0 spiro atoms. The SMILES string of the molecule is CCCOc1ccccc1[C@@H]1C(C(=O)OCC)=C(CC)N=C2CC(C)(C)CC(=O)C21. The minimum atomic E-state index is -0.445. The summed E-state index contributed by atoms with van der Waals surface area (Å²) in [5, 5.41) is 0. The van der Waals surface area contributed by atoms with Gasteiger partial charge in [0, 0.05) is 23.6 Å². The Labute approximate surface area is 179 Å². The molecule has 1 unspecified atom stereocenters. The third-order valence-electron chi connectivity index (χ3n) is 5.80. The number of esters is 1. The number of benzene rings is 1. The lowest BCUT2D eigenvalue weighted by atomic mass is 9.63. The number of hydrogen-bond acceptors (Lipinski definition) is 5. The highest BCUT2D eigenvalue weighted by Gasteiger charge is 2.48. The fourth-order valence-corrected chi connectivity index (χ4v) is 4.64. The van der Waals surface area contributed by atoms with Crippen molar-refractivity contribution in [2.45, 2.75) is 66.2 Å². The summed E-state index contributed by atoms with van der Waals surface area (Å²) < 4.78 is 11.5. The van der Waals surface area contributed by atoms with Gasteiger partial charge in [-0.1, -0.05) is 45.9 Å². The van der Waals surface area contributed by atoms with E-state index in [1.54, 1.807) is 6.92 Å². The molecular weight excluding hydrogens is 378 g/mol. The summed E-state index contributed by atoms with van der Waals surface area (Å²) in [7, 11) is 0. The van der Waals surface area contributed by atoms with Crippen molar-refractivity contribution in [2.75, 3.05) is 13.2 Å². The van der Waals surface area contributed by atoms with Gasteiger partial charge in [0.15, 0.2) is 0 Å². The number of ether oxygens (including phenoxy) is 2. The number of allylic oxidation sites excluding steroid dienone is 1. The highest BCUT2D eigenvalue weighted by molar-refractivity contribution is 6.12. The highest BCUT2D eigenvalue weighted by Crippen LogP contribution is 2.49. The maximum absolute atomic E-state index is 13.4. The molecule has 1 fully saturated rings. The number of carbonyl (C=O) groups is 2. The van der Waals surface area contributed by atoms with Gasteiger partial charge in [0.2, 0.25) is 0 Å². The third kappa shape index (κ3) is 4.35. The third-order valence-corrected chi connectivity index (χ3v) is 5.80. The van der Waals surface area contributed by atoms with Crippen LogP contribution in [0.5, 0.6) is 5.75 Å². The monoisotopic (exact) mass is 411 g/mol. The van der Waals surface area contributed by atoms with Gasteiger partial charge in [0.05, 0.1) is 30.4 Å². The molecular formula is C25H33NO4. The van der Waals surface area contributed by atoms with Gasteiger partial charge in [0.1, 0.15) is 11.5 Å². The molecule has 1 heterocycles. The second-order valence-electron chi connectivity index (χ2n) is 8.86. The van der Waals surface area contributed by atoms with Crippen LogP contribution in [-0.2, 0) is 14.3 Å².